The minimum Gasteiger partial charge on any atom is -0.393 e. The highest BCUT2D eigenvalue weighted by Gasteiger charge is 2.19. The van der Waals surface area contributed by atoms with Crippen LogP contribution in [-0.4, -0.2) is 47.2 Å². The number of thiazole rings is 1. The molecule has 1 aromatic heterocycles. The van der Waals surface area contributed by atoms with Crippen molar-refractivity contribution in [2.45, 2.75) is 38.8 Å². The van der Waals surface area contributed by atoms with E-state index in [1.54, 1.807) is 18.4 Å². The van der Waals surface area contributed by atoms with Crippen LogP contribution in [-0.2, 0) is 13.0 Å². The first-order valence-corrected chi connectivity index (χ1v) is 7.61. The SMILES string of the molecule is CCc1cnc(CNC(=NC)N2CCC(O)CC2)s1.I. The zero-order valence-corrected chi connectivity index (χ0v) is 15.1. The molecule has 2 heterocycles. The Morgan fingerprint density at radius 3 is 2.80 bits per heavy atom. The third-order valence-corrected chi connectivity index (χ3v) is 4.47. The average Bonchev–Trinajstić information content (AvgIpc) is 2.89. The van der Waals surface area contributed by atoms with E-state index < -0.39 is 0 Å². The summed E-state index contributed by atoms with van der Waals surface area (Å²) in [6, 6.07) is 0. The van der Waals surface area contributed by atoms with Gasteiger partial charge in [-0.05, 0) is 19.3 Å². The third kappa shape index (κ3) is 4.85. The van der Waals surface area contributed by atoms with E-state index in [1.807, 2.05) is 6.20 Å². The summed E-state index contributed by atoms with van der Waals surface area (Å²) in [4.78, 5) is 12.2. The molecule has 0 atom stereocenters. The monoisotopic (exact) mass is 410 g/mol. The molecule has 0 bridgehead atoms. The van der Waals surface area contributed by atoms with Gasteiger partial charge in [-0.3, -0.25) is 4.99 Å². The molecular formula is C13H23IN4OS. The number of hydrogen-bond acceptors (Lipinski definition) is 4. The molecule has 7 heteroatoms. The average molecular weight is 410 g/mol. The molecule has 0 aromatic carbocycles. The number of piperidine rings is 1. The topological polar surface area (TPSA) is 60.8 Å². The Morgan fingerprint density at radius 1 is 1.55 bits per heavy atom. The van der Waals surface area contributed by atoms with Gasteiger partial charge in [-0.15, -0.1) is 35.3 Å². The Bertz CT molecular complexity index is 430. The maximum atomic E-state index is 9.52. The molecule has 0 aliphatic carbocycles. The van der Waals surface area contributed by atoms with Crippen molar-refractivity contribution in [2.75, 3.05) is 20.1 Å². The van der Waals surface area contributed by atoms with E-state index in [4.69, 9.17) is 0 Å². The Kier molecular flexibility index (Phi) is 7.75. The van der Waals surface area contributed by atoms with Crippen molar-refractivity contribution in [2.24, 2.45) is 4.99 Å². The highest BCUT2D eigenvalue weighted by Crippen LogP contribution is 2.14. The molecule has 0 spiro atoms. The van der Waals surface area contributed by atoms with E-state index in [0.29, 0.717) is 0 Å². The maximum Gasteiger partial charge on any atom is 0.193 e. The van der Waals surface area contributed by atoms with Gasteiger partial charge in [0.15, 0.2) is 5.96 Å². The Balaban J connectivity index is 0.00000200. The minimum atomic E-state index is -0.152. The van der Waals surface area contributed by atoms with Crippen LogP contribution in [0.3, 0.4) is 0 Å². The van der Waals surface area contributed by atoms with Crippen LogP contribution in [0.15, 0.2) is 11.2 Å². The molecule has 114 valence electrons. The van der Waals surface area contributed by atoms with Crippen molar-refractivity contribution in [3.63, 3.8) is 0 Å². The molecule has 1 aliphatic rings. The molecule has 2 rings (SSSR count). The standard InChI is InChI=1S/C13H22N4OS.HI/c1-3-11-8-15-12(19-11)9-16-13(14-2)17-6-4-10(18)5-7-17;/h8,10,18H,3-7,9H2,1-2H3,(H,14,16);1H. The van der Waals surface area contributed by atoms with E-state index >= 15 is 0 Å². The van der Waals surface area contributed by atoms with Gasteiger partial charge in [0.05, 0.1) is 12.6 Å². The lowest BCUT2D eigenvalue weighted by atomic mass is 10.1. The van der Waals surface area contributed by atoms with Gasteiger partial charge in [0, 0.05) is 31.2 Å². The van der Waals surface area contributed by atoms with Crippen LogP contribution in [0.5, 0.6) is 0 Å². The van der Waals surface area contributed by atoms with E-state index in [-0.39, 0.29) is 30.1 Å². The lowest BCUT2D eigenvalue weighted by Gasteiger charge is -2.32. The largest absolute Gasteiger partial charge is 0.393 e. The summed E-state index contributed by atoms with van der Waals surface area (Å²) in [5.41, 5.74) is 0. The fraction of sp³-hybridized carbons (Fsp3) is 0.692. The van der Waals surface area contributed by atoms with Crippen molar-refractivity contribution in [3.05, 3.63) is 16.1 Å². The molecule has 0 amide bonds. The number of hydrogen-bond donors (Lipinski definition) is 2. The maximum absolute atomic E-state index is 9.52. The van der Waals surface area contributed by atoms with E-state index in [0.717, 1.165) is 49.9 Å². The zero-order chi connectivity index (χ0) is 13.7. The number of aryl methyl sites for hydroxylation is 1. The van der Waals surface area contributed by atoms with Crippen LogP contribution in [0, 0.1) is 0 Å². The third-order valence-electron chi connectivity index (χ3n) is 3.32. The van der Waals surface area contributed by atoms with Crippen LogP contribution in [0.4, 0.5) is 0 Å². The van der Waals surface area contributed by atoms with Gasteiger partial charge in [-0.2, -0.15) is 0 Å². The summed E-state index contributed by atoms with van der Waals surface area (Å²) in [7, 11) is 1.80. The number of nitrogens with zero attached hydrogens (tertiary/aromatic N) is 3. The van der Waals surface area contributed by atoms with Gasteiger partial charge in [0.25, 0.3) is 0 Å². The van der Waals surface area contributed by atoms with Gasteiger partial charge in [-0.1, -0.05) is 6.92 Å². The molecule has 0 radical (unpaired) electrons. The number of aliphatic hydroxyl groups is 1. The molecule has 5 nitrogen and oxygen atoms in total. The van der Waals surface area contributed by atoms with Gasteiger partial charge in [-0.25, -0.2) is 4.98 Å². The predicted molar refractivity (Wildman–Crippen MR) is 93.9 cm³/mol. The van der Waals surface area contributed by atoms with E-state index in [1.165, 1.54) is 4.88 Å². The predicted octanol–water partition coefficient (Wildman–Crippen LogP) is 1.86. The first-order valence-electron chi connectivity index (χ1n) is 6.80. The molecule has 1 aliphatic heterocycles. The summed E-state index contributed by atoms with van der Waals surface area (Å²) in [6.07, 6.45) is 4.47. The van der Waals surface area contributed by atoms with E-state index in [9.17, 15) is 5.11 Å². The summed E-state index contributed by atoms with van der Waals surface area (Å²) in [6.45, 7) is 4.58. The second kappa shape index (κ2) is 8.78. The molecule has 0 saturated carbocycles. The van der Waals surface area contributed by atoms with Crippen molar-refractivity contribution >= 4 is 41.3 Å². The normalized spacial score (nSPS) is 16.9. The molecule has 1 fully saturated rings. The van der Waals surface area contributed by atoms with Gasteiger partial charge in [0.1, 0.15) is 5.01 Å². The number of rotatable bonds is 3. The van der Waals surface area contributed by atoms with Crippen molar-refractivity contribution in [1.29, 1.82) is 0 Å². The molecular weight excluding hydrogens is 387 g/mol. The summed E-state index contributed by atoms with van der Waals surface area (Å²) in [5, 5.41) is 14.0. The number of halogens is 1. The van der Waals surface area contributed by atoms with Crippen LogP contribution >= 0.6 is 35.3 Å². The number of aliphatic hydroxyl groups excluding tert-OH is 1. The Labute approximate surface area is 141 Å². The first-order chi connectivity index (χ1) is 9.22. The Morgan fingerprint density at radius 2 is 2.25 bits per heavy atom. The second-order valence-electron chi connectivity index (χ2n) is 4.69. The molecule has 20 heavy (non-hydrogen) atoms. The van der Waals surface area contributed by atoms with Crippen LogP contribution in [0.25, 0.3) is 0 Å². The first kappa shape index (κ1) is 17.6. The number of aliphatic imine (C=N–C) groups is 1. The van der Waals surface area contributed by atoms with Crippen LogP contribution in [0.1, 0.15) is 29.7 Å². The lowest BCUT2D eigenvalue weighted by molar-refractivity contribution is 0.108. The lowest BCUT2D eigenvalue weighted by Crippen LogP contribution is -2.46. The summed E-state index contributed by atoms with van der Waals surface area (Å²) in [5.74, 6) is 0.903. The number of likely N-dealkylation sites (tertiary alicyclic amines) is 1. The highest BCUT2D eigenvalue weighted by atomic mass is 127. The quantitative estimate of drug-likeness (QED) is 0.454. The highest BCUT2D eigenvalue weighted by molar-refractivity contribution is 14.0. The molecule has 1 saturated heterocycles. The van der Waals surface area contributed by atoms with Gasteiger partial charge in [0.2, 0.25) is 0 Å². The van der Waals surface area contributed by atoms with Crippen molar-refractivity contribution < 1.29 is 5.11 Å². The van der Waals surface area contributed by atoms with Gasteiger partial charge < -0.3 is 15.3 Å². The molecule has 1 aromatic rings. The van der Waals surface area contributed by atoms with E-state index in [2.05, 4.69) is 27.1 Å². The molecule has 2 N–H and O–H groups in total. The molecule has 0 unspecified atom stereocenters. The van der Waals surface area contributed by atoms with Crippen LogP contribution < -0.4 is 5.32 Å². The van der Waals surface area contributed by atoms with Crippen LogP contribution in [0.2, 0.25) is 0 Å². The number of guanidine groups is 1. The van der Waals surface area contributed by atoms with Crippen molar-refractivity contribution in [3.8, 4) is 0 Å². The van der Waals surface area contributed by atoms with Gasteiger partial charge >= 0.3 is 0 Å². The minimum absolute atomic E-state index is 0. The number of aromatic nitrogens is 1. The second-order valence-corrected chi connectivity index (χ2v) is 5.89. The summed E-state index contributed by atoms with van der Waals surface area (Å²) < 4.78 is 0. The fourth-order valence-electron chi connectivity index (χ4n) is 2.16. The smallest absolute Gasteiger partial charge is 0.193 e. The van der Waals surface area contributed by atoms with Crippen molar-refractivity contribution in [1.82, 2.24) is 15.2 Å². The summed E-state index contributed by atoms with van der Waals surface area (Å²) >= 11 is 1.75. The fourth-order valence-corrected chi connectivity index (χ4v) is 2.96. The Hall–Kier alpha value is -0.410. The number of nitrogens with one attached hydrogen (secondary N) is 1. The zero-order valence-electron chi connectivity index (χ0n) is 12.0.